The quantitative estimate of drug-likeness (QED) is 0.684. The van der Waals surface area contributed by atoms with Crippen LogP contribution in [0.3, 0.4) is 0 Å². The Morgan fingerprint density at radius 3 is 2.68 bits per heavy atom. The number of allylic oxidation sites excluding steroid dienone is 4. The molecule has 0 saturated heterocycles. The third-order valence-corrected chi connectivity index (χ3v) is 5.26. The van der Waals surface area contributed by atoms with Crippen molar-refractivity contribution < 1.29 is 9.90 Å². The minimum Gasteiger partial charge on any atom is -0.504 e. The van der Waals surface area contributed by atoms with Gasteiger partial charge in [-0.25, -0.2) is 0 Å². The average molecular weight is 413 g/mol. The molecule has 0 fully saturated rings. The zero-order valence-electron chi connectivity index (χ0n) is 14.3. The van der Waals surface area contributed by atoms with Crippen molar-refractivity contribution in [3.8, 4) is 0 Å². The molecule has 0 amide bonds. The van der Waals surface area contributed by atoms with Crippen molar-refractivity contribution in [2.75, 3.05) is 5.73 Å². The number of fused-ring (bicyclic) bond motifs is 1. The summed E-state index contributed by atoms with van der Waals surface area (Å²) >= 11 is 7.18. The first-order valence-corrected chi connectivity index (χ1v) is 9.37. The van der Waals surface area contributed by atoms with Crippen molar-refractivity contribution in [2.45, 2.75) is 6.42 Å². The summed E-state index contributed by atoms with van der Waals surface area (Å²) in [6.45, 7) is 0. The number of halogens is 1. The second-order valence-electron chi connectivity index (χ2n) is 6.08. The molecule has 0 saturated carbocycles. The van der Waals surface area contributed by atoms with Gasteiger partial charge in [-0.15, -0.1) is 0 Å². The van der Waals surface area contributed by atoms with E-state index in [9.17, 15) is 14.7 Å². The van der Waals surface area contributed by atoms with Gasteiger partial charge in [0.15, 0.2) is 5.76 Å². The van der Waals surface area contributed by atoms with Crippen LogP contribution in [-0.2, 0) is 11.2 Å². The summed E-state index contributed by atoms with van der Waals surface area (Å²) in [5.41, 5.74) is 7.26. The van der Waals surface area contributed by atoms with Crippen LogP contribution in [0.25, 0.3) is 11.0 Å². The minimum atomic E-state index is -0.509. The van der Waals surface area contributed by atoms with Gasteiger partial charge < -0.3 is 10.8 Å². The Balaban J connectivity index is 1.74. The number of aliphatic hydroxyl groups excluding tert-OH is 1. The van der Waals surface area contributed by atoms with Gasteiger partial charge in [0.2, 0.25) is 10.7 Å². The second-order valence-corrected chi connectivity index (χ2v) is 7.56. The fourth-order valence-corrected chi connectivity index (χ4v) is 3.75. The van der Waals surface area contributed by atoms with E-state index in [2.05, 4.69) is 10.1 Å². The lowest BCUT2D eigenvalue weighted by Crippen LogP contribution is -2.17. The van der Waals surface area contributed by atoms with Gasteiger partial charge in [-0.1, -0.05) is 41.1 Å². The topological polar surface area (TPSA) is 111 Å². The number of anilines is 1. The molecule has 0 bridgehead atoms. The number of rotatable bonds is 3. The van der Waals surface area contributed by atoms with Crippen molar-refractivity contribution in [2.24, 2.45) is 0 Å². The number of benzene rings is 1. The molecule has 0 atom stereocenters. The highest BCUT2D eigenvalue weighted by Crippen LogP contribution is 2.22. The van der Waals surface area contributed by atoms with Gasteiger partial charge in [0.1, 0.15) is 10.8 Å². The van der Waals surface area contributed by atoms with Gasteiger partial charge in [-0.2, -0.15) is 14.6 Å². The van der Waals surface area contributed by atoms with Gasteiger partial charge in [-0.3, -0.25) is 9.59 Å². The Kier molecular flexibility index (Phi) is 4.58. The highest BCUT2D eigenvalue weighted by molar-refractivity contribution is 7.16. The Hall–Kier alpha value is -3.23. The van der Waals surface area contributed by atoms with Crippen molar-refractivity contribution in [1.29, 1.82) is 0 Å². The molecular formula is C19H13ClN4O3S. The van der Waals surface area contributed by atoms with E-state index in [-0.39, 0.29) is 11.4 Å². The standard InChI is InChI=1S/C19H13ClN4O3S/c20-12-4-1-10(2-5-12)9-16-23-24-17(21)13(18(27)22-19(24)28-16)7-11-3-6-14(25)15(26)8-11/h1-8,26H,9,21H2. The number of nitrogen functional groups attached to an aromatic ring is 1. The molecule has 4 rings (SSSR count). The third kappa shape index (κ3) is 3.47. The van der Waals surface area contributed by atoms with Crippen LogP contribution in [0.1, 0.15) is 16.1 Å². The summed E-state index contributed by atoms with van der Waals surface area (Å²) in [5, 5.41) is 15.4. The monoisotopic (exact) mass is 412 g/mol. The minimum absolute atomic E-state index is 0.138. The number of carbonyl (C=O) groups is 1. The van der Waals surface area contributed by atoms with Gasteiger partial charge in [0.05, 0.1) is 5.56 Å². The molecule has 140 valence electrons. The lowest BCUT2D eigenvalue weighted by atomic mass is 10.1. The molecule has 3 N–H and O–H groups in total. The molecule has 0 spiro atoms. The maximum absolute atomic E-state index is 12.4. The summed E-state index contributed by atoms with van der Waals surface area (Å²) in [6, 6.07) is 7.41. The largest absolute Gasteiger partial charge is 0.504 e. The van der Waals surface area contributed by atoms with Gasteiger partial charge in [-0.05, 0) is 41.5 Å². The Morgan fingerprint density at radius 1 is 1.21 bits per heavy atom. The van der Waals surface area contributed by atoms with Crippen LogP contribution in [0.2, 0.25) is 5.02 Å². The molecule has 2 heterocycles. The number of hydrogen-bond donors (Lipinski definition) is 2. The van der Waals surface area contributed by atoms with Crippen LogP contribution in [0.5, 0.6) is 0 Å². The fourth-order valence-electron chi connectivity index (χ4n) is 2.70. The molecule has 0 unspecified atom stereocenters. The number of ketones is 1. The lowest BCUT2D eigenvalue weighted by molar-refractivity contribution is -0.113. The smallest absolute Gasteiger partial charge is 0.283 e. The van der Waals surface area contributed by atoms with Crippen LogP contribution >= 0.6 is 22.9 Å². The maximum atomic E-state index is 12.4. The van der Waals surface area contributed by atoms with E-state index in [4.69, 9.17) is 17.3 Å². The average Bonchev–Trinajstić information content (AvgIpc) is 3.06. The number of aliphatic hydroxyl groups is 1. The van der Waals surface area contributed by atoms with Gasteiger partial charge in [0.25, 0.3) is 5.56 Å². The summed E-state index contributed by atoms with van der Waals surface area (Å²) in [7, 11) is 0. The molecule has 7 nitrogen and oxygen atoms in total. The van der Waals surface area contributed by atoms with Gasteiger partial charge >= 0.3 is 0 Å². The first-order chi connectivity index (χ1) is 13.4. The molecule has 2 aromatic heterocycles. The van der Waals surface area contributed by atoms with E-state index in [1.807, 2.05) is 12.1 Å². The second kappa shape index (κ2) is 7.06. The van der Waals surface area contributed by atoms with Crippen LogP contribution < -0.4 is 11.3 Å². The summed E-state index contributed by atoms with van der Waals surface area (Å²) in [4.78, 5) is 28.2. The zero-order valence-corrected chi connectivity index (χ0v) is 15.9. The SMILES string of the molecule is Nc1c(C=C2C=CC(=O)C(O)=C2)c(=O)nc2sc(Cc3ccc(Cl)cc3)nn12. The Morgan fingerprint density at radius 2 is 1.96 bits per heavy atom. The van der Waals surface area contributed by atoms with Crippen molar-refractivity contribution >= 4 is 45.6 Å². The number of nitrogens with zero attached hydrogens (tertiary/aromatic N) is 3. The molecule has 9 heteroatoms. The maximum Gasteiger partial charge on any atom is 0.283 e. The first-order valence-electron chi connectivity index (χ1n) is 8.18. The Labute approximate surface area is 167 Å². The van der Waals surface area contributed by atoms with Crippen molar-refractivity contribution in [3.05, 3.63) is 85.3 Å². The third-order valence-electron chi connectivity index (χ3n) is 4.10. The number of aromatic nitrogens is 3. The van der Waals surface area contributed by atoms with Crippen LogP contribution in [0, 0.1) is 0 Å². The van der Waals surface area contributed by atoms with Crippen molar-refractivity contribution in [1.82, 2.24) is 14.6 Å². The zero-order chi connectivity index (χ0) is 19.8. The summed E-state index contributed by atoms with van der Waals surface area (Å²) in [6.07, 6.45) is 5.99. The van der Waals surface area contributed by atoms with Crippen LogP contribution in [0.4, 0.5) is 5.82 Å². The molecule has 28 heavy (non-hydrogen) atoms. The van der Waals surface area contributed by atoms with Crippen molar-refractivity contribution in [3.63, 3.8) is 0 Å². The normalized spacial score (nSPS) is 15.4. The molecule has 3 aromatic rings. The highest BCUT2D eigenvalue weighted by Gasteiger charge is 2.15. The van der Waals surface area contributed by atoms with Crippen LogP contribution in [0.15, 0.2) is 58.6 Å². The first kappa shape index (κ1) is 18.1. The van der Waals surface area contributed by atoms with Gasteiger partial charge in [0, 0.05) is 11.4 Å². The van der Waals surface area contributed by atoms with E-state index in [1.165, 1.54) is 40.2 Å². The molecule has 1 aromatic carbocycles. The Bertz CT molecular complexity index is 1250. The van der Waals surface area contributed by atoms with E-state index < -0.39 is 17.1 Å². The molecule has 0 aliphatic heterocycles. The van der Waals surface area contributed by atoms with Crippen LogP contribution in [-0.4, -0.2) is 25.5 Å². The number of hydrogen-bond acceptors (Lipinski definition) is 7. The lowest BCUT2D eigenvalue weighted by Gasteiger charge is -2.05. The van der Waals surface area contributed by atoms with E-state index >= 15 is 0 Å². The molecule has 0 radical (unpaired) electrons. The predicted octanol–water partition coefficient (Wildman–Crippen LogP) is 2.94. The molecule has 1 aliphatic rings. The summed E-state index contributed by atoms with van der Waals surface area (Å²) < 4.78 is 1.42. The highest BCUT2D eigenvalue weighted by atomic mass is 35.5. The van der Waals surface area contributed by atoms with E-state index in [1.54, 1.807) is 12.1 Å². The van der Waals surface area contributed by atoms with E-state index in [0.29, 0.717) is 22.0 Å². The van der Waals surface area contributed by atoms with E-state index in [0.717, 1.165) is 10.6 Å². The molecule has 1 aliphatic carbocycles. The fraction of sp³-hybridized carbons (Fsp3) is 0.0526. The predicted molar refractivity (Wildman–Crippen MR) is 109 cm³/mol. The number of carbonyl (C=O) groups excluding carboxylic acids is 1. The molecular weight excluding hydrogens is 400 g/mol. The summed E-state index contributed by atoms with van der Waals surface area (Å²) in [5.74, 6) is -0.763. The number of nitrogens with two attached hydrogens (primary N) is 1.